The number of carbonyl (C=O) groups is 1. The molecule has 2 atom stereocenters. The Morgan fingerprint density at radius 1 is 1.24 bits per heavy atom. The molecule has 3 rings (SSSR count). The Labute approximate surface area is 148 Å². The van der Waals surface area contributed by atoms with Crippen LogP contribution in [0.2, 0.25) is 0 Å². The number of benzene rings is 1. The van der Waals surface area contributed by atoms with Gasteiger partial charge < -0.3 is 15.3 Å². The van der Waals surface area contributed by atoms with Gasteiger partial charge in [-0.2, -0.15) is 5.10 Å². The number of aromatic nitrogens is 2. The zero-order valence-electron chi connectivity index (χ0n) is 14.8. The number of carbonyl (C=O) groups excluding carboxylic acids is 1. The fourth-order valence-corrected chi connectivity index (χ4v) is 3.56. The van der Waals surface area contributed by atoms with Crippen molar-refractivity contribution in [3.8, 4) is 0 Å². The summed E-state index contributed by atoms with van der Waals surface area (Å²) in [6, 6.07) is 9.40. The van der Waals surface area contributed by atoms with Gasteiger partial charge in [0.25, 0.3) is 0 Å². The number of aliphatic hydroxyl groups is 1. The number of rotatable bonds is 5. The normalized spacial score (nSPS) is 18.1. The molecule has 1 fully saturated rings. The predicted molar refractivity (Wildman–Crippen MR) is 95.7 cm³/mol. The third-order valence-corrected chi connectivity index (χ3v) is 5.03. The molecule has 1 aliphatic heterocycles. The van der Waals surface area contributed by atoms with Crippen LogP contribution in [0.4, 0.5) is 0 Å². The van der Waals surface area contributed by atoms with Gasteiger partial charge in [0, 0.05) is 31.9 Å². The SMILES string of the molecule is CNC(C(=O)N1CCC(C(O)c2ccccc2)CC1)c1cnn(C)c1. The van der Waals surface area contributed by atoms with E-state index in [0.717, 1.165) is 24.0 Å². The van der Waals surface area contributed by atoms with Gasteiger partial charge in [0.05, 0.1) is 12.3 Å². The summed E-state index contributed by atoms with van der Waals surface area (Å²) in [5.41, 5.74) is 1.83. The molecule has 1 saturated heterocycles. The highest BCUT2D eigenvalue weighted by Gasteiger charge is 2.31. The van der Waals surface area contributed by atoms with Crippen molar-refractivity contribution in [1.82, 2.24) is 20.0 Å². The van der Waals surface area contributed by atoms with E-state index >= 15 is 0 Å². The van der Waals surface area contributed by atoms with E-state index in [0.29, 0.717) is 13.1 Å². The van der Waals surface area contributed by atoms with Crippen LogP contribution in [-0.4, -0.2) is 45.8 Å². The van der Waals surface area contributed by atoms with Gasteiger partial charge in [0.2, 0.25) is 5.91 Å². The summed E-state index contributed by atoms with van der Waals surface area (Å²) in [6.45, 7) is 1.34. The zero-order chi connectivity index (χ0) is 17.8. The van der Waals surface area contributed by atoms with Crippen molar-refractivity contribution in [2.75, 3.05) is 20.1 Å². The largest absolute Gasteiger partial charge is 0.388 e. The number of hydrogen-bond acceptors (Lipinski definition) is 4. The summed E-state index contributed by atoms with van der Waals surface area (Å²) in [6.07, 6.45) is 4.75. The molecule has 2 aromatic rings. The van der Waals surface area contributed by atoms with Crippen LogP contribution in [0.3, 0.4) is 0 Å². The monoisotopic (exact) mass is 342 g/mol. The highest BCUT2D eigenvalue weighted by atomic mass is 16.3. The number of piperidine rings is 1. The minimum Gasteiger partial charge on any atom is -0.388 e. The molecule has 2 unspecified atom stereocenters. The van der Waals surface area contributed by atoms with Crippen LogP contribution >= 0.6 is 0 Å². The number of aryl methyl sites for hydroxylation is 1. The van der Waals surface area contributed by atoms with Crippen molar-refractivity contribution in [3.05, 3.63) is 53.9 Å². The van der Waals surface area contributed by atoms with Crippen LogP contribution in [0.1, 0.15) is 36.1 Å². The minimum absolute atomic E-state index is 0.0724. The third kappa shape index (κ3) is 3.91. The van der Waals surface area contributed by atoms with E-state index in [-0.39, 0.29) is 17.9 Å². The summed E-state index contributed by atoms with van der Waals surface area (Å²) in [4.78, 5) is 14.7. The first-order valence-corrected chi connectivity index (χ1v) is 8.77. The molecule has 25 heavy (non-hydrogen) atoms. The molecule has 2 N–H and O–H groups in total. The fourth-order valence-electron chi connectivity index (χ4n) is 3.56. The Hall–Kier alpha value is -2.18. The molecular formula is C19H26N4O2. The highest BCUT2D eigenvalue weighted by molar-refractivity contribution is 5.83. The Morgan fingerprint density at radius 2 is 1.92 bits per heavy atom. The summed E-state index contributed by atoms with van der Waals surface area (Å²) >= 11 is 0. The van der Waals surface area contributed by atoms with Crippen LogP contribution in [0, 0.1) is 5.92 Å². The lowest BCUT2D eigenvalue weighted by molar-refractivity contribution is -0.135. The second-order valence-electron chi connectivity index (χ2n) is 6.69. The second kappa shape index (κ2) is 7.80. The van der Waals surface area contributed by atoms with Crippen molar-refractivity contribution in [3.63, 3.8) is 0 Å². The molecule has 6 heteroatoms. The zero-order valence-corrected chi connectivity index (χ0v) is 14.8. The van der Waals surface area contributed by atoms with E-state index in [1.807, 2.05) is 48.5 Å². The Balaban J connectivity index is 1.60. The molecule has 0 bridgehead atoms. The van der Waals surface area contributed by atoms with Gasteiger partial charge in [-0.15, -0.1) is 0 Å². The predicted octanol–water partition coefficient (Wildman–Crippen LogP) is 1.65. The lowest BCUT2D eigenvalue weighted by atomic mass is 9.87. The average Bonchev–Trinajstić information content (AvgIpc) is 3.08. The molecule has 134 valence electrons. The van der Waals surface area contributed by atoms with Gasteiger partial charge in [-0.3, -0.25) is 9.48 Å². The van der Waals surface area contributed by atoms with Crippen LogP contribution in [0.5, 0.6) is 0 Å². The Morgan fingerprint density at radius 3 is 2.48 bits per heavy atom. The smallest absolute Gasteiger partial charge is 0.244 e. The molecule has 1 aromatic carbocycles. The van der Waals surface area contributed by atoms with Crippen molar-refractivity contribution in [1.29, 1.82) is 0 Å². The quantitative estimate of drug-likeness (QED) is 0.867. The second-order valence-corrected chi connectivity index (χ2v) is 6.69. The Kier molecular flexibility index (Phi) is 5.50. The van der Waals surface area contributed by atoms with Gasteiger partial charge in [0.15, 0.2) is 0 Å². The van der Waals surface area contributed by atoms with Gasteiger partial charge in [-0.1, -0.05) is 30.3 Å². The number of amides is 1. The first-order chi connectivity index (χ1) is 12.1. The molecule has 1 aliphatic rings. The molecule has 6 nitrogen and oxygen atoms in total. The molecule has 0 radical (unpaired) electrons. The van der Waals surface area contributed by atoms with Gasteiger partial charge in [-0.05, 0) is 31.4 Å². The molecule has 1 aromatic heterocycles. The minimum atomic E-state index is -0.461. The van der Waals surface area contributed by atoms with Crippen LogP contribution < -0.4 is 5.32 Å². The van der Waals surface area contributed by atoms with Gasteiger partial charge in [0.1, 0.15) is 6.04 Å². The summed E-state index contributed by atoms with van der Waals surface area (Å²) in [5.74, 6) is 0.265. The Bertz CT molecular complexity index is 692. The molecule has 0 aliphatic carbocycles. The molecular weight excluding hydrogens is 316 g/mol. The summed E-state index contributed by atoms with van der Waals surface area (Å²) in [7, 11) is 3.64. The van der Waals surface area contributed by atoms with Crippen molar-refractivity contribution in [2.24, 2.45) is 13.0 Å². The maximum absolute atomic E-state index is 12.8. The number of nitrogens with one attached hydrogen (secondary N) is 1. The van der Waals surface area contributed by atoms with Crippen molar-refractivity contribution in [2.45, 2.75) is 25.0 Å². The maximum atomic E-state index is 12.8. The van der Waals surface area contributed by atoms with Crippen molar-refractivity contribution >= 4 is 5.91 Å². The van der Waals surface area contributed by atoms with Crippen LogP contribution in [-0.2, 0) is 11.8 Å². The number of hydrogen-bond donors (Lipinski definition) is 2. The molecule has 2 heterocycles. The van der Waals surface area contributed by atoms with Crippen molar-refractivity contribution < 1.29 is 9.90 Å². The maximum Gasteiger partial charge on any atom is 0.244 e. The topological polar surface area (TPSA) is 70.4 Å². The van der Waals surface area contributed by atoms with Gasteiger partial charge in [-0.25, -0.2) is 0 Å². The molecule has 0 saturated carbocycles. The standard InChI is InChI=1S/C19H26N4O2/c1-20-17(16-12-21-22(2)13-16)19(25)23-10-8-15(9-11-23)18(24)14-6-4-3-5-7-14/h3-7,12-13,15,17-18,20,24H,8-11H2,1-2H3. The molecule has 1 amide bonds. The highest BCUT2D eigenvalue weighted by Crippen LogP contribution is 2.31. The van der Waals surface area contributed by atoms with E-state index in [2.05, 4.69) is 10.4 Å². The van der Waals surface area contributed by atoms with Gasteiger partial charge >= 0.3 is 0 Å². The van der Waals surface area contributed by atoms with Crippen LogP contribution in [0.15, 0.2) is 42.7 Å². The lowest BCUT2D eigenvalue weighted by Gasteiger charge is -2.36. The van der Waals surface area contributed by atoms with E-state index in [4.69, 9.17) is 0 Å². The molecule has 0 spiro atoms. The number of nitrogens with zero attached hydrogens (tertiary/aromatic N) is 3. The fraction of sp³-hybridized carbons (Fsp3) is 0.474. The first-order valence-electron chi connectivity index (χ1n) is 8.77. The number of likely N-dealkylation sites (tertiary alicyclic amines) is 1. The summed E-state index contributed by atoms with van der Waals surface area (Å²) < 4.78 is 1.70. The van der Waals surface area contributed by atoms with Crippen LogP contribution in [0.25, 0.3) is 0 Å². The van der Waals surface area contributed by atoms with E-state index in [9.17, 15) is 9.90 Å². The van der Waals surface area contributed by atoms with E-state index in [1.165, 1.54) is 0 Å². The average molecular weight is 342 g/mol. The number of aliphatic hydroxyl groups excluding tert-OH is 1. The lowest BCUT2D eigenvalue weighted by Crippen LogP contribution is -2.44. The van der Waals surface area contributed by atoms with E-state index in [1.54, 1.807) is 17.9 Å². The number of likely N-dealkylation sites (N-methyl/N-ethyl adjacent to an activating group) is 1. The third-order valence-electron chi connectivity index (χ3n) is 5.03. The van der Waals surface area contributed by atoms with E-state index < -0.39 is 6.10 Å². The summed E-state index contributed by atoms with van der Waals surface area (Å²) in [5, 5.41) is 17.8. The first kappa shape index (κ1) is 17.6.